The molecule has 0 bridgehead atoms. The highest BCUT2D eigenvalue weighted by Gasteiger charge is 2.11. The van der Waals surface area contributed by atoms with E-state index < -0.39 is 16.1 Å². The summed E-state index contributed by atoms with van der Waals surface area (Å²) in [5, 5.41) is 6.97. The van der Waals surface area contributed by atoms with Crippen LogP contribution in [0.1, 0.15) is 85.8 Å². The fourth-order valence-corrected chi connectivity index (χ4v) is 4.95. The summed E-state index contributed by atoms with van der Waals surface area (Å²) in [6.45, 7) is 24.2. The third-order valence-corrected chi connectivity index (χ3v) is 8.13. The van der Waals surface area contributed by atoms with Crippen molar-refractivity contribution in [3.05, 3.63) is 57.6 Å². The Kier molecular flexibility index (Phi) is 16.0. The number of unbranched alkanes of at least 4 members (excludes halogenated alkanes) is 4. The number of nitrogens with one attached hydrogen (secondary N) is 2. The summed E-state index contributed by atoms with van der Waals surface area (Å²) in [7, 11) is -2.76. The van der Waals surface area contributed by atoms with Crippen LogP contribution in [0.15, 0.2) is 24.3 Å². The topological polar surface area (TPSA) is 24.1 Å². The molecule has 0 amide bonds. The molecule has 0 radical (unpaired) electrons. The number of benzene rings is 2. The average Bonchev–Trinajstić information content (AvgIpc) is 2.92. The van der Waals surface area contributed by atoms with E-state index in [-0.39, 0.29) is 0 Å². The first-order valence-corrected chi connectivity index (χ1v) is 22.5. The van der Waals surface area contributed by atoms with E-state index in [9.17, 15) is 0 Å². The molecule has 42 heavy (non-hydrogen) atoms. The summed E-state index contributed by atoms with van der Waals surface area (Å²) in [5.74, 6) is 12.2. The largest absolute Gasteiger partial charge is 0.384 e. The van der Waals surface area contributed by atoms with Crippen LogP contribution in [0.2, 0.25) is 39.3 Å². The van der Waals surface area contributed by atoms with Gasteiger partial charge in [-0.3, -0.25) is 0 Å². The van der Waals surface area contributed by atoms with Gasteiger partial charge in [-0.1, -0.05) is 102 Å². The zero-order valence-corrected chi connectivity index (χ0v) is 30.1. The van der Waals surface area contributed by atoms with Crippen molar-refractivity contribution in [1.29, 1.82) is 0 Å². The molecule has 2 aromatic rings. The SMILES string of the molecule is C#Cc1cc(NCCCCC)c(C#C)cc1C.CCCCCNc1cc(C#C[Si](C)(C)C)c(C)cc1C#C[Si](C)(C)C. The van der Waals surface area contributed by atoms with Crippen LogP contribution in [0, 0.1) is 61.5 Å². The van der Waals surface area contributed by atoms with Gasteiger partial charge in [0.2, 0.25) is 0 Å². The van der Waals surface area contributed by atoms with Crippen molar-refractivity contribution in [2.75, 3.05) is 23.7 Å². The molecule has 0 aliphatic rings. The summed E-state index contributed by atoms with van der Waals surface area (Å²) in [5.41, 5.74) is 15.4. The van der Waals surface area contributed by atoms with Crippen LogP contribution in [-0.4, -0.2) is 29.2 Å². The first-order valence-electron chi connectivity index (χ1n) is 15.5. The highest BCUT2D eigenvalue weighted by Crippen LogP contribution is 2.22. The minimum absolute atomic E-state index is 0.887. The maximum atomic E-state index is 5.50. The molecule has 2 nitrogen and oxygen atoms in total. The normalized spacial score (nSPS) is 10.5. The molecule has 2 aromatic carbocycles. The summed E-state index contributed by atoms with van der Waals surface area (Å²) < 4.78 is 0. The molecular weight excluding hydrogens is 541 g/mol. The first-order chi connectivity index (χ1) is 19.7. The van der Waals surface area contributed by atoms with Crippen LogP contribution in [-0.2, 0) is 0 Å². The zero-order chi connectivity index (χ0) is 31.8. The number of hydrogen-bond acceptors (Lipinski definition) is 2. The van der Waals surface area contributed by atoms with Crippen molar-refractivity contribution >= 4 is 27.5 Å². The number of terminal acetylenes is 2. The van der Waals surface area contributed by atoms with E-state index in [1.807, 2.05) is 19.1 Å². The van der Waals surface area contributed by atoms with Crippen molar-refractivity contribution in [2.45, 2.75) is 106 Å². The van der Waals surface area contributed by atoms with Crippen LogP contribution in [0.25, 0.3) is 0 Å². The van der Waals surface area contributed by atoms with Crippen LogP contribution in [0.4, 0.5) is 11.4 Å². The number of anilines is 2. The lowest BCUT2D eigenvalue weighted by Gasteiger charge is -2.12. The van der Waals surface area contributed by atoms with Gasteiger partial charge in [-0.25, -0.2) is 0 Å². The van der Waals surface area contributed by atoms with E-state index in [1.165, 1.54) is 37.7 Å². The van der Waals surface area contributed by atoms with Crippen LogP contribution >= 0.6 is 0 Å². The predicted molar refractivity (Wildman–Crippen MR) is 195 cm³/mol. The Bertz CT molecular complexity index is 1370. The van der Waals surface area contributed by atoms with Gasteiger partial charge in [-0.05, 0) is 62.1 Å². The van der Waals surface area contributed by atoms with Gasteiger partial charge in [0.05, 0.1) is 11.4 Å². The Morgan fingerprint density at radius 1 is 0.571 bits per heavy atom. The standard InChI is InChI=1S/C22H35NSi2.C16H19N/c1-9-10-11-14-23-22-18-20(12-15-24(3,4)5)19(2)17-21(22)13-16-25(6,7)8;1-5-8-9-10-17-16-12-14(6-2)13(4)11-15(16)7-3/h17-18,23H,9-11,14H2,1-8H3;2-3,11-12,17H,5,8-10H2,1,4H3. The van der Waals surface area contributed by atoms with Gasteiger partial charge >= 0.3 is 0 Å². The summed E-state index contributed by atoms with van der Waals surface area (Å²) >= 11 is 0. The fraction of sp³-hybridized carbons (Fsp3) is 0.474. The number of aryl methyl sites for hydroxylation is 2. The van der Waals surface area contributed by atoms with E-state index in [1.54, 1.807) is 0 Å². The highest BCUT2D eigenvalue weighted by atomic mass is 28.3. The molecule has 0 fully saturated rings. The predicted octanol–water partition coefficient (Wildman–Crippen LogP) is 9.61. The molecule has 0 aliphatic carbocycles. The lowest BCUT2D eigenvalue weighted by atomic mass is 10.0. The quantitative estimate of drug-likeness (QED) is 0.163. The van der Waals surface area contributed by atoms with Gasteiger partial charge in [0.25, 0.3) is 0 Å². The third-order valence-electron chi connectivity index (χ3n) is 6.38. The Labute approximate surface area is 261 Å². The van der Waals surface area contributed by atoms with E-state index >= 15 is 0 Å². The van der Waals surface area contributed by atoms with Crippen LogP contribution in [0.5, 0.6) is 0 Å². The number of hydrogen-bond donors (Lipinski definition) is 2. The maximum Gasteiger partial charge on any atom is 0.129 e. The molecule has 0 spiro atoms. The van der Waals surface area contributed by atoms with Crippen molar-refractivity contribution in [3.63, 3.8) is 0 Å². The molecule has 2 N–H and O–H groups in total. The average molecular weight is 595 g/mol. The van der Waals surface area contributed by atoms with Gasteiger partial charge in [0, 0.05) is 35.3 Å². The monoisotopic (exact) mass is 594 g/mol. The van der Waals surface area contributed by atoms with Crippen molar-refractivity contribution < 1.29 is 0 Å². The van der Waals surface area contributed by atoms with Gasteiger partial charge in [-0.15, -0.1) is 23.9 Å². The summed E-state index contributed by atoms with van der Waals surface area (Å²) in [4.78, 5) is 0. The maximum absolute atomic E-state index is 5.50. The third kappa shape index (κ3) is 14.6. The molecule has 0 aromatic heterocycles. The Morgan fingerprint density at radius 2 is 0.976 bits per heavy atom. The molecule has 0 saturated carbocycles. The van der Waals surface area contributed by atoms with E-state index in [4.69, 9.17) is 12.8 Å². The number of rotatable bonds is 10. The Balaban J connectivity index is 0.000000452. The fourth-order valence-electron chi connectivity index (χ4n) is 3.93. The van der Waals surface area contributed by atoms with Gasteiger partial charge in [-0.2, -0.15) is 0 Å². The van der Waals surface area contributed by atoms with Crippen LogP contribution < -0.4 is 10.6 Å². The lowest BCUT2D eigenvalue weighted by Crippen LogP contribution is -2.16. The van der Waals surface area contributed by atoms with E-state index in [0.29, 0.717) is 0 Å². The second-order valence-electron chi connectivity index (χ2n) is 13.0. The minimum atomic E-state index is -1.39. The Morgan fingerprint density at radius 3 is 1.43 bits per heavy atom. The molecule has 0 aliphatic heterocycles. The first kappa shape index (κ1) is 36.7. The molecule has 0 unspecified atom stereocenters. The Hall–Kier alpha value is -3.29. The second kappa shape index (κ2) is 18.3. The molecule has 4 heteroatoms. The van der Waals surface area contributed by atoms with Gasteiger partial charge in [0.1, 0.15) is 16.1 Å². The van der Waals surface area contributed by atoms with E-state index in [0.717, 1.165) is 58.7 Å². The highest BCUT2D eigenvalue weighted by molar-refractivity contribution is 6.84. The molecule has 0 heterocycles. The van der Waals surface area contributed by atoms with Gasteiger partial charge in [0.15, 0.2) is 0 Å². The molecule has 0 saturated heterocycles. The second-order valence-corrected chi connectivity index (χ2v) is 22.5. The zero-order valence-electron chi connectivity index (χ0n) is 28.1. The van der Waals surface area contributed by atoms with Crippen molar-refractivity contribution in [2.24, 2.45) is 0 Å². The smallest absolute Gasteiger partial charge is 0.129 e. The summed E-state index contributed by atoms with van der Waals surface area (Å²) in [6, 6.07) is 8.36. The van der Waals surface area contributed by atoms with Crippen LogP contribution in [0.3, 0.4) is 0 Å². The molecule has 2 rings (SSSR count). The molecule has 224 valence electrons. The van der Waals surface area contributed by atoms with Crippen molar-refractivity contribution in [3.8, 4) is 47.6 Å². The molecular formula is C38H54N2Si2. The minimum Gasteiger partial charge on any atom is -0.384 e. The van der Waals surface area contributed by atoms with Gasteiger partial charge < -0.3 is 10.6 Å². The van der Waals surface area contributed by atoms with Crippen molar-refractivity contribution in [1.82, 2.24) is 0 Å². The lowest BCUT2D eigenvalue weighted by molar-refractivity contribution is 0.743. The molecule has 0 atom stereocenters. The van der Waals surface area contributed by atoms with E-state index in [2.05, 4.69) is 118 Å². The summed E-state index contributed by atoms with van der Waals surface area (Å²) in [6.07, 6.45) is 18.3.